The van der Waals surface area contributed by atoms with Gasteiger partial charge in [-0.2, -0.15) is 0 Å². The molecule has 2 aromatic rings. The predicted octanol–water partition coefficient (Wildman–Crippen LogP) is 5.08. The van der Waals surface area contributed by atoms with Crippen molar-refractivity contribution in [3.8, 4) is 16.9 Å². The fourth-order valence-electron chi connectivity index (χ4n) is 1.82. The van der Waals surface area contributed by atoms with E-state index >= 15 is 0 Å². The number of benzene rings is 2. The van der Waals surface area contributed by atoms with Crippen molar-refractivity contribution in [1.82, 2.24) is 0 Å². The van der Waals surface area contributed by atoms with Gasteiger partial charge in [0, 0.05) is 6.07 Å². The number of hydrogen-bond acceptors (Lipinski definition) is 3. The van der Waals surface area contributed by atoms with Gasteiger partial charge in [-0.3, -0.25) is 10.1 Å². The number of hydrogen-bond donors (Lipinski definition) is 0. The molecule has 0 amide bonds. The van der Waals surface area contributed by atoms with Crippen LogP contribution in [0.3, 0.4) is 0 Å². The van der Waals surface area contributed by atoms with Gasteiger partial charge in [-0.1, -0.05) is 29.8 Å². The molecule has 0 aliphatic rings. The van der Waals surface area contributed by atoms with Crippen LogP contribution >= 0.6 is 27.5 Å². The van der Waals surface area contributed by atoms with E-state index in [1.807, 2.05) is 25.1 Å². The first-order valence-electron chi connectivity index (χ1n) is 5.90. The Hall–Kier alpha value is -1.59. The van der Waals surface area contributed by atoms with Crippen LogP contribution in [0, 0.1) is 10.1 Å². The fourth-order valence-corrected chi connectivity index (χ4v) is 2.62. The maximum atomic E-state index is 10.9. The summed E-state index contributed by atoms with van der Waals surface area (Å²) < 4.78 is 6.26. The van der Waals surface area contributed by atoms with Crippen LogP contribution < -0.4 is 4.74 Å². The average molecular weight is 357 g/mol. The summed E-state index contributed by atoms with van der Waals surface area (Å²) >= 11 is 9.29. The van der Waals surface area contributed by atoms with Gasteiger partial charge in [0.25, 0.3) is 5.69 Å². The highest BCUT2D eigenvalue weighted by Crippen LogP contribution is 2.38. The number of ether oxygens (including phenoxy) is 1. The fraction of sp³-hybridized carbons (Fsp3) is 0.143. The lowest BCUT2D eigenvalue weighted by Gasteiger charge is -2.10. The summed E-state index contributed by atoms with van der Waals surface area (Å²) in [5.74, 6) is 0.697. The summed E-state index contributed by atoms with van der Waals surface area (Å²) in [4.78, 5) is 10.5. The van der Waals surface area contributed by atoms with Crippen LogP contribution in [-0.2, 0) is 0 Å². The van der Waals surface area contributed by atoms with Crippen LogP contribution in [0.2, 0.25) is 5.02 Å². The van der Waals surface area contributed by atoms with E-state index in [0.29, 0.717) is 17.9 Å². The molecule has 0 atom stereocenters. The van der Waals surface area contributed by atoms with Crippen molar-refractivity contribution in [2.75, 3.05) is 6.61 Å². The summed E-state index contributed by atoms with van der Waals surface area (Å²) in [7, 11) is 0. The zero-order valence-electron chi connectivity index (χ0n) is 10.6. The van der Waals surface area contributed by atoms with E-state index in [-0.39, 0.29) is 10.7 Å². The molecule has 104 valence electrons. The molecule has 2 aromatic carbocycles. The molecule has 0 spiro atoms. The van der Waals surface area contributed by atoms with E-state index in [2.05, 4.69) is 15.9 Å². The maximum absolute atomic E-state index is 10.9. The Morgan fingerprint density at radius 2 is 2.10 bits per heavy atom. The van der Waals surface area contributed by atoms with Gasteiger partial charge in [-0.25, -0.2) is 0 Å². The second kappa shape index (κ2) is 6.24. The number of rotatable bonds is 4. The SMILES string of the molecule is CCOc1cccc(-c2ccc(Cl)c([N+](=O)[O-])c2)c1Br. The molecule has 6 heteroatoms. The second-order valence-electron chi connectivity index (χ2n) is 3.97. The van der Waals surface area contributed by atoms with Crippen molar-refractivity contribution in [2.45, 2.75) is 6.92 Å². The Balaban J connectivity index is 2.54. The predicted molar refractivity (Wildman–Crippen MR) is 82.4 cm³/mol. The van der Waals surface area contributed by atoms with Crippen LogP contribution in [0.5, 0.6) is 5.75 Å². The third-order valence-corrected chi connectivity index (χ3v) is 3.85. The van der Waals surface area contributed by atoms with E-state index < -0.39 is 4.92 Å². The van der Waals surface area contributed by atoms with Gasteiger partial charge >= 0.3 is 0 Å². The molecule has 0 saturated carbocycles. The smallest absolute Gasteiger partial charge is 0.288 e. The van der Waals surface area contributed by atoms with Gasteiger partial charge in [-0.05, 0) is 46.1 Å². The van der Waals surface area contributed by atoms with E-state index in [1.54, 1.807) is 6.07 Å². The lowest BCUT2D eigenvalue weighted by Crippen LogP contribution is -1.94. The van der Waals surface area contributed by atoms with Gasteiger partial charge < -0.3 is 4.74 Å². The molecule has 4 nitrogen and oxygen atoms in total. The van der Waals surface area contributed by atoms with Crippen LogP contribution in [0.1, 0.15) is 6.92 Å². The number of halogens is 2. The van der Waals surface area contributed by atoms with Gasteiger partial charge in [-0.15, -0.1) is 0 Å². The first kappa shape index (κ1) is 14.8. The first-order chi connectivity index (χ1) is 9.54. The van der Waals surface area contributed by atoms with Gasteiger partial charge in [0.1, 0.15) is 10.8 Å². The Bertz CT molecular complexity index is 661. The summed E-state index contributed by atoms with van der Waals surface area (Å²) in [6.07, 6.45) is 0. The van der Waals surface area contributed by atoms with Crippen LogP contribution in [0.25, 0.3) is 11.1 Å². The first-order valence-corrected chi connectivity index (χ1v) is 7.07. The molecule has 0 N–H and O–H groups in total. The standard InChI is InChI=1S/C14H11BrClNO3/c1-2-20-13-5-3-4-10(14(13)15)9-6-7-11(16)12(8-9)17(18)19/h3-8H,2H2,1H3. The molecule has 0 aliphatic carbocycles. The van der Waals surface area contributed by atoms with E-state index in [0.717, 1.165) is 10.0 Å². The summed E-state index contributed by atoms with van der Waals surface area (Å²) in [5, 5.41) is 11.1. The summed E-state index contributed by atoms with van der Waals surface area (Å²) in [6, 6.07) is 10.3. The Morgan fingerprint density at radius 3 is 2.75 bits per heavy atom. The van der Waals surface area contributed by atoms with Gasteiger partial charge in [0.05, 0.1) is 16.0 Å². The molecule has 20 heavy (non-hydrogen) atoms. The normalized spacial score (nSPS) is 10.3. The van der Waals surface area contributed by atoms with Crippen molar-refractivity contribution in [2.24, 2.45) is 0 Å². The molecule has 0 aliphatic heterocycles. The molecule has 0 unspecified atom stereocenters. The Kier molecular flexibility index (Phi) is 4.62. The highest BCUT2D eigenvalue weighted by molar-refractivity contribution is 9.10. The number of nitrogens with zero attached hydrogens (tertiary/aromatic N) is 1. The van der Waals surface area contributed by atoms with Crippen molar-refractivity contribution >= 4 is 33.2 Å². The lowest BCUT2D eigenvalue weighted by molar-refractivity contribution is -0.384. The highest BCUT2D eigenvalue weighted by atomic mass is 79.9. The number of nitro groups is 1. The van der Waals surface area contributed by atoms with Crippen molar-refractivity contribution in [3.63, 3.8) is 0 Å². The Labute approximate surface area is 129 Å². The third kappa shape index (κ3) is 2.94. The van der Waals surface area contributed by atoms with E-state index in [9.17, 15) is 10.1 Å². The number of nitro benzene ring substituents is 1. The minimum Gasteiger partial charge on any atom is -0.493 e. The average Bonchev–Trinajstić information content (AvgIpc) is 2.42. The third-order valence-electron chi connectivity index (χ3n) is 2.72. The second-order valence-corrected chi connectivity index (χ2v) is 5.17. The van der Waals surface area contributed by atoms with Crippen molar-refractivity contribution in [3.05, 3.63) is 56.0 Å². The van der Waals surface area contributed by atoms with Crippen LogP contribution in [-0.4, -0.2) is 11.5 Å². The molecular weight excluding hydrogens is 346 g/mol. The zero-order valence-corrected chi connectivity index (χ0v) is 12.9. The monoisotopic (exact) mass is 355 g/mol. The minimum atomic E-state index is -0.494. The molecule has 0 heterocycles. The van der Waals surface area contributed by atoms with Gasteiger partial charge in [0.15, 0.2) is 0 Å². The highest BCUT2D eigenvalue weighted by Gasteiger charge is 2.15. The zero-order chi connectivity index (χ0) is 14.7. The maximum Gasteiger partial charge on any atom is 0.288 e. The van der Waals surface area contributed by atoms with Gasteiger partial charge in [0.2, 0.25) is 0 Å². The summed E-state index contributed by atoms with van der Waals surface area (Å²) in [6.45, 7) is 2.44. The van der Waals surface area contributed by atoms with Crippen molar-refractivity contribution < 1.29 is 9.66 Å². The van der Waals surface area contributed by atoms with Crippen LogP contribution in [0.15, 0.2) is 40.9 Å². The van der Waals surface area contributed by atoms with E-state index in [4.69, 9.17) is 16.3 Å². The lowest BCUT2D eigenvalue weighted by atomic mass is 10.0. The molecule has 2 rings (SSSR count). The Morgan fingerprint density at radius 1 is 1.35 bits per heavy atom. The largest absolute Gasteiger partial charge is 0.493 e. The quantitative estimate of drug-likeness (QED) is 0.567. The van der Waals surface area contributed by atoms with Crippen LogP contribution in [0.4, 0.5) is 5.69 Å². The molecule has 0 aromatic heterocycles. The topological polar surface area (TPSA) is 52.4 Å². The molecular formula is C14H11BrClNO3. The minimum absolute atomic E-state index is 0.113. The molecule has 0 fully saturated rings. The molecule has 0 bridgehead atoms. The van der Waals surface area contributed by atoms with Crippen molar-refractivity contribution in [1.29, 1.82) is 0 Å². The van der Waals surface area contributed by atoms with E-state index in [1.165, 1.54) is 12.1 Å². The molecule has 0 radical (unpaired) electrons. The molecule has 0 saturated heterocycles. The summed E-state index contributed by atoms with van der Waals surface area (Å²) in [5.41, 5.74) is 1.41.